The molecule has 6 rings (SSSR count). The first-order valence-electron chi connectivity index (χ1n) is 16.6. The average Bonchev–Trinajstić information content (AvgIpc) is 3.09. The maximum Gasteiger partial charge on any atom is 0.243 e. The van der Waals surface area contributed by atoms with Crippen LogP contribution in [0, 0.1) is 5.92 Å². The maximum atomic E-state index is 14.1. The molecule has 0 radical (unpaired) electrons. The van der Waals surface area contributed by atoms with Gasteiger partial charge in [0.25, 0.3) is 0 Å². The minimum atomic E-state index is -3.95. The molecule has 3 aromatic carbocycles. The largest absolute Gasteiger partial charge is 0.493 e. The number of likely N-dealkylation sites (tertiary alicyclic amines) is 1. The van der Waals surface area contributed by atoms with Crippen molar-refractivity contribution >= 4 is 27.5 Å². The molecule has 0 bridgehead atoms. The SMILES string of the molecule is NC1CCN(C(=O)[C@H]2C[C@H](Oc3ccc(-c4ccc(Cl)cc4)cc3)CCN2S(=O)(=O)c2ccc(OCC3CCCCC3)cc2)CC1. The third-order valence-electron chi connectivity index (χ3n) is 9.62. The standard InChI is InChI=1S/C36H44ClN3O5S/c37-29-10-6-27(7-11-29)28-8-12-32(13-9-28)45-33-20-23-40(35(24-33)36(41)39-21-18-30(38)19-22-39)46(42,43)34-16-14-31(15-17-34)44-25-26-4-2-1-3-5-26/h6-17,26,30,33,35H,1-5,18-25,38H2/t33-,35-/m1/s1. The van der Waals surface area contributed by atoms with Crippen molar-refractivity contribution in [3.63, 3.8) is 0 Å². The fourth-order valence-corrected chi connectivity index (χ4v) is 8.57. The summed E-state index contributed by atoms with van der Waals surface area (Å²) < 4.78 is 41.9. The van der Waals surface area contributed by atoms with Crippen molar-refractivity contribution in [2.24, 2.45) is 11.7 Å². The Kier molecular flexibility index (Phi) is 10.5. The van der Waals surface area contributed by atoms with Crippen molar-refractivity contribution in [3.8, 4) is 22.6 Å². The van der Waals surface area contributed by atoms with Gasteiger partial charge in [-0.05, 0) is 97.7 Å². The van der Waals surface area contributed by atoms with E-state index in [0.29, 0.717) is 61.4 Å². The molecule has 0 unspecified atom stereocenters. The molecular weight excluding hydrogens is 622 g/mol. The van der Waals surface area contributed by atoms with E-state index in [0.717, 1.165) is 11.1 Å². The van der Waals surface area contributed by atoms with E-state index in [1.165, 1.54) is 36.4 Å². The fourth-order valence-electron chi connectivity index (χ4n) is 6.83. The summed E-state index contributed by atoms with van der Waals surface area (Å²) in [6.45, 7) is 1.88. The van der Waals surface area contributed by atoms with E-state index >= 15 is 0 Å². The van der Waals surface area contributed by atoms with Crippen LogP contribution in [0.3, 0.4) is 0 Å². The molecule has 8 nitrogen and oxygen atoms in total. The van der Waals surface area contributed by atoms with Gasteiger partial charge in [0.05, 0.1) is 11.5 Å². The van der Waals surface area contributed by atoms with Crippen LogP contribution in [0.5, 0.6) is 11.5 Å². The minimum Gasteiger partial charge on any atom is -0.493 e. The van der Waals surface area contributed by atoms with Crippen molar-refractivity contribution in [1.29, 1.82) is 0 Å². The second kappa shape index (κ2) is 14.8. The zero-order valence-electron chi connectivity index (χ0n) is 26.2. The van der Waals surface area contributed by atoms with Crippen molar-refractivity contribution in [1.82, 2.24) is 9.21 Å². The summed E-state index contributed by atoms with van der Waals surface area (Å²) in [5.74, 6) is 1.71. The van der Waals surface area contributed by atoms with Gasteiger partial charge in [-0.2, -0.15) is 4.31 Å². The highest BCUT2D eigenvalue weighted by molar-refractivity contribution is 7.89. The van der Waals surface area contributed by atoms with Crippen LogP contribution in [-0.2, 0) is 14.8 Å². The van der Waals surface area contributed by atoms with Crippen molar-refractivity contribution in [2.45, 2.75) is 80.9 Å². The second-order valence-corrected chi connectivity index (χ2v) is 15.2. The number of nitrogens with zero attached hydrogens (tertiary/aromatic N) is 2. The summed E-state index contributed by atoms with van der Waals surface area (Å²) in [5.41, 5.74) is 8.19. The fraction of sp³-hybridized carbons (Fsp3) is 0.472. The summed E-state index contributed by atoms with van der Waals surface area (Å²) in [6.07, 6.45) is 7.96. The Morgan fingerprint density at radius 3 is 2.04 bits per heavy atom. The van der Waals surface area contributed by atoms with Gasteiger partial charge in [-0.3, -0.25) is 4.79 Å². The Labute approximate surface area is 277 Å². The Bertz CT molecular complexity index is 1550. The summed E-state index contributed by atoms with van der Waals surface area (Å²) in [5, 5.41) is 0.685. The number of ether oxygens (including phenoxy) is 2. The number of halogens is 1. The smallest absolute Gasteiger partial charge is 0.243 e. The maximum absolute atomic E-state index is 14.1. The molecule has 3 aromatic rings. The zero-order valence-corrected chi connectivity index (χ0v) is 27.8. The molecule has 2 aliphatic heterocycles. The van der Waals surface area contributed by atoms with Crippen LogP contribution in [0.2, 0.25) is 5.02 Å². The molecule has 3 aliphatic rings. The van der Waals surface area contributed by atoms with Crippen LogP contribution in [0.4, 0.5) is 0 Å². The molecule has 2 heterocycles. The topological polar surface area (TPSA) is 102 Å². The van der Waals surface area contributed by atoms with Gasteiger partial charge >= 0.3 is 0 Å². The molecule has 3 fully saturated rings. The lowest BCUT2D eigenvalue weighted by atomic mass is 9.90. The third-order valence-corrected chi connectivity index (χ3v) is 11.8. The average molecular weight is 666 g/mol. The van der Waals surface area contributed by atoms with Gasteiger partial charge in [0, 0.05) is 37.1 Å². The summed E-state index contributed by atoms with van der Waals surface area (Å²) in [6, 6.07) is 21.3. The molecule has 2 N–H and O–H groups in total. The van der Waals surface area contributed by atoms with Crippen LogP contribution in [-0.4, -0.2) is 68.0 Å². The zero-order chi connectivity index (χ0) is 32.1. The molecule has 0 aromatic heterocycles. The van der Waals surface area contributed by atoms with Gasteiger partial charge in [-0.25, -0.2) is 8.42 Å². The number of carbonyl (C=O) groups excluding carboxylic acids is 1. The van der Waals surface area contributed by atoms with Gasteiger partial charge in [-0.15, -0.1) is 0 Å². The first-order chi connectivity index (χ1) is 22.3. The summed E-state index contributed by atoms with van der Waals surface area (Å²) >= 11 is 6.04. The van der Waals surface area contributed by atoms with Crippen LogP contribution in [0.25, 0.3) is 11.1 Å². The van der Waals surface area contributed by atoms with Gasteiger partial charge in [0.2, 0.25) is 15.9 Å². The van der Waals surface area contributed by atoms with Gasteiger partial charge in [0.1, 0.15) is 23.6 Å². The van der Waals surface area contributed by atoms with E-state index in [1.807, 2.05) is 48.5 Å². The van der Waals surface area contributed by atoms with Crippen molar-refractivity contribution < 1.29 is 22.7 Å². The number of carbonyl (C=O) groups is 1. The van der Waals surface area contributed by atoms with Crippen LogP contribution >= 0.6 is 11.6 Å². The van der Waals surface area contributed by atoms with Crippen molar-refractivity contribution in [3.05, 3.63) is 77.8 Å². The van der Waals surface area contributed by atoms with E-state index in [2.05, 4.69) is 0 Å². The number of benzene rings is 3. The lowest BCUT2D eigenvalue weighted by molar-refractivity contribution is -0.138. The van der Waals surface area contributed by atoms with Crippen LogP contribution in [0.15, 0.2) is 77.7 Å². The molecule has 0 spiro atoms. The van der Waals surface area contributed by atoms with Gasteiger partial charge in [-0.1, -0.05) is 55.1 Å². The van der Waals surface area contributed by atoms with Crippen molar-refractivity contribution in [2.75, 3.05) is 26.2 Å². The Morgan fingerprint density at radius 2 is 1.39 bits per heavy atom. The first kappa shape index (κ1) is 32.8. The van der Waals surface area contributed by atoms with Crippen LogP contribution in [0.1, 0.15) is 57.8 Å². The Morgan fingerprint density at radius 1 is 0.783 bits per heavy atom. The monoisotopic (exact) mass is 665 g/mol. The quantitative estimate of drug-likeness (QED) is 0.279. The van der Waals surface area contributed by atoms with E-state index in [-0.39, 0.29) is 35.9 Å². The number of nitrogens with two attached hydrogens (primary N) is 1. The van der Waals surface area contributed by atoms with E-state index in [9.17, 15) is 13.2 Å². The molecule has 2 saturated heterocycles. The molecule has 246 valence electrons. The minimum absolute atomic E-state index is 0.0565. The number of hydrogen-bond donors (Lipinski definition) is 1. The molecular formula is C36H44ClN3O5S. The normalized spacial score (nSPS) is 22.0. The number of amides is 1. The lowest BCUT2D eigenvalue weighted by Crippen LogP contribution is -2.57. The van der Waals surface area contributed by atoms with Crippen LogP contribution < -0.4 is 15.2 Å². The highest BCUT2D eigenvalue weighted by Crippen LogP contribution is 2.32. The molecule has 10 heteroatoms. The molecule has 2 atom stereocenters. The second-order valence-electron chi connectivity index (χ2n) is 12.9. The number of piperidine rings is 2. The van der Waals surface area contributed by atoms with E-state index in [1.54, 1.807) is 29.2 Å². The van der Waals surface area contributed by atoms with Gasteiger partial charge in [0.15, 0.2) is 0 Å². The first-order valence-corrected chi connectivity index (χ1v) is 18.4. The Hall–Kier alpha value is -3.11. The number of sulfonamides is 1. The molecule has 46 heavy (non-hydrogen) atoms. The van der Waals surface area contributed by atoms with E-state index in [4.69, 9.17) is 26.8 Å². The number of hydrogen-bond acceptors (Lipinski definition) is 6. The van der Waals surface area contributed by atoms with Gasteiger partial charge < -0.3 is 20.1 Å². The third kappa shape index (κ3) is 7.88. The lowest BCUT2D eigenvalue weighted by Gasteiger charge is -2.41. The predicted molar refractivity (Wildman–Crippen MR) is 181 cm³/mol. The predicted octanol–water partition coefficient (Wildman–Crippen LogP) is 6.52. The highest BCUT2D eigenvalue weighted by atomic mass is 35.5. The molecule has 1 amide bonds. The van der Waals surface area contributed by atoms with E-state index < -0.39 is 16.1 Å². The molecule has 1 saturated carbocycles. The highest BCUT2D eigenvalue weighted by Gasteiger charge is 2.43. The summed E-state index contributed by atoms with van der Waals surface area (Å²) in [7, 11) is -3.95. The summed E-state index contributed by atoms with van der Waals surface area (Å²) in [4.78, 5) is 15.9. The Balaban J connectivity index is 1.16. The number of rotatable bonds is 9. The molecule has 1 aliphatic carbocycles.